The fraction of sp³-hybridized carbons (Fsp3) is 0.273. The van der Waals surface area contributed by atoms with Crippen LogP contribution in [-0.4, -0.2) is 33.7 Å². The van der Waals surface area contributed by atoms with Crippen LogP contribution in [0.4, 0.5) is 0 Å². The average molecular weight is 345 g/mol. The van der Waals surface area contributed by atoms with Crippen LogP contribution in [0.5, 0.6) is 0 Å². The van der Waals surface area contributed by atoms with Crippen LogP contribution in [-0.2, 0) is 6.42 Å². The van der Waals surface area contributed by atoms with E-state index >= 15 is 0 Å². The highest BCUT2D eigenvalue weighted by molar-refractivity contribution is 5.94. The summed E-state index contributed by atoms with van der Waals surface area (Å²) < 4.78 is 1.79. The van der Waals surface area contributed by atoms with Crippen LogP contribution >= 0.6 is 0 Å². The number of hydrogen-bond acceptors (Lipinski definition) is 2. The quantitative estimate of drug-likeness (QED) is 0.718. The molecule has 0 atom stereocenters. The second-order valence-electron chi connectivity index (χ2n) is 6.92. The van der Waals surface area contributed by atoms with Crippen LogP contribution in [0, 0.1) is 5.92 Å². The van der Waals surface area contributed by atoms with E-state index in [0.29, 0.717) is 5.92 Å². The summed E-state index contributed by atoms with van der Waals surface area (Å²) in [6.07, 6.45) is 6.91. The molecule has 1 fully saturated rings. The molecule has 4 rings (SSSR count). The highest BCUT2D eigenvalue weighted by Crippen LogP contribution is 2.23. The molecule has 0 unspecified atom stereocenters. The number of likely N-dealkylation sites (tertiary alicyclic amines) is 1. The highest BCUT2D eigenvalue weighted by Gasteiger charge is 2.23. The van der Waals surface area contributed by atoms with E-state index in [9.17, 15) is 4.79 Å². The number of hydrogen-bond donors (Lipinski definition) is 0. The second kappa shape index (κ2) is 7.56. The van der Waals surface area contributed by atoms with Gasteiger partial charge in [-0.3, -0.25) is 4.79 Å². The number of piperidine rings is 1. The minimum atomic E-state index is 0.134. The Morgan fingerprint density at radius 2 is 1.69 bits per heavy atom. The third kappa shape index (κ3) is 3.69. The molecule has 4 heteroatoms. The van der Waals surface area contributed by atoms with Gasteiger partial charge in [-0.1, -0.05) is 30.3 Å². The molecule has 3 aromatic rings. The van der Waals surface area contributed by atoms with Gasteiger partial charge in [-0.2, -0.15) is 5.10 Å². The average Bonchev–Trinajstić information content (AvgIpc) is 3.24. The maximum atomic E-state index is 12.8. The van der Waals surface area contributed by atoms with Gasteiger partial charge in [-0.15, -0.1) is 0 Å². The Hall–Kier alpha value is -2.88. The van der Waals surface area contributed by atoms with E-state index < -0.39 is 0 Å². The van der Waals surface area contributed by atoms with Crippen molar-refractivity contribution in [3.05, 3.63) is 84.2 Å². The van der Waals surface area contributed by atoms with E-state index in [-0.39, 0.29) is 5.91 Å². The molecular weight excluding hydrogens is 322 g/mol. The van der Waals surface area contributed by atoms with Crippen molar-refractivity contribution in [2.24, 2.45) is 5.92 Å². The van der Waals surface area contributed by atoms with Crippen LogP contribution in [0.15, 0.2) is 73.1 Å². The zero-order valence-electron chi connectivity index (χ0n) is 14.8. The Bertz CT molecular complexity index is 833. The molecule has 4 nitrogen and oxygen atoms in total. The normalized spacial score (nSPS) is 15.2. The Morgan fingerprint density at radius 1 is 0.962 bits per heavy atom. The van der Waals surface area contributed by atoms with Gasteiger partial charge in [0.05, 0.1) is 5.69 Å². The zero-order valence-corrected chi connectivity index (χ0v) is 14.8. The van der Waals surface area contributed by atoms with E-state index in [2.05, 4.69) is 35.4 Å². The van der Waals surface area contributed by atoms with Crippen molar-refractivity contribution in [1.82, 2.24) is 14.7 Å². The molecule has 2 heterocycles. The van der Waals surface area contributed by atoms with Crippen molar-refractivity contribution in [3.63, 3.8) is 0 Å². The molecule has 0 radical (unpaired) electrons. The van der Waals surface area contributed by atoms with Gasteiger partial charge in [0, 0.05) is 31.0 Å². The minimum Gasteiger partial charge on any atom is -0.339 e. The van der Waals surface area contributed by atoms with E-state index in [1.54, 1.807) is 10.9 Å². The number of aromatic nitrogens is 2. The molecule has 26 heavy (non-hydrogen) atoms. The molecule has 0 N–H and O–H groups in total. The smallest absolute Gasteiger partial charge is 0.253 e. The summed E-state index contributed by atoms with van der Waals surface area (Å²) in [6, 6.07) is 20.2. The van der Waals surface area contributed by atoms with Crippen LogP contribution in [0.3, 0.4) is 0 Å². The maximum absolute atomic E-state index is 12.8. The molecule has 1 amide bonds. The molecule has 132 valence electrons. The Morgan fingerprint density at radius 3 is 2.35 bits per heavy atom. The fourth-order valence-corrected chi connectivity index (χ4v) is 3.65. The first-order chi connectivity index (χ1) is 12.8. The van der Waals surface area contributed by atoms with Crippen molar-refractivity contribution in [2.75, 3.05) is 13.1 Å². The van der Waals surface area contributed by atoms with Gasteiger partial charge in [0.2, 0.25) is 0 Å². The Labute approximate surface area is 154 Å². The van der Waals surface area contributed by atoms with Gasteiger partial charge in [-0.05, 0) is 61.1 Å². The number of amides is 1. The van der Waals surface area contributed by atoms with Gasteiger partial charge >= 0.3 is 0 Å². The van der Waals surface area contributed by atoms with Gasteiger partial charge in [0.1, 0.15) is 0 Å². The highest BCUT2D eigenvalue weighted by atomic mass is 16.2. The maximum Gasteiger partial charge on any atom is 0.253 e. The minimum absolute atomic E-state index is 0.134. The predicted molar refractivity (Wildman–Crippen MR) is 102 cm³/mol. The standard InChI is InChI=1S/C22H23N3O/c26-22(20-7-9-21(10-8-20)25-14-4-13-23-25)24-15-11-19(12-16-24)17-18-5-2-1-3-6-18/h1-10,13-14,19H,11-12,15-17H2. The third-order valence-corrected chi connectivity index (χ3v) is 5.15. The van der Waals surface area contributed by atoms with Crippen molar-refractivity contribution >= 4 is 5.91 Å². The van der Waals surface area contributed by atoms with Gasteiger partial charge in [-0.25, -0.2) is 4.68 Å². The van der Waals surface area contributed by atoms with E-state index in [1.807, 2.05) is 41.4 Å². The van der Waals surface area contributed by atoms with E-state index in [1.165, 1.54) is 5.56 Å². The summed E-state index contributed by atoms with van der Waals surface area (Å²) in [5.74, 6) is 0.804. The molecule has 0 spiro atoms. The van der Waals surface area contributed by atoms with Crippen LogP contribution < -0.4 is 0 Å². The zero-order chi connectivity index (χ0) is 17.8. The lowest BCUT2D eigenvalue weighted by atomic mass is 9.90. The van der Waals surface area contributed by atoms with Crippen LogP contribution in [0.2, 0.25) is 0 Å². The number of benzene rings is 2. The third-order valence-electron chi connectivity index (χ3n) is 5.15. The largest absolute Gasteiger partial charge is 0.339 e. The monoisotopic (exact) mass is 345 g/mol. The molecule has 1 saturated heterocycles. The Kier molecular flexibility index (Phi) is 4.82. The first-order valence-corrected chi connectivity index (χ1v) is 9.23. The Balaban J connectivity index is 1.34. The summed E-state index contributed by atoms with van der Waals surface area (Å²) in [5.41, 5.74) is 3.11. The number of carbonyl (C=O) groups excluding carboxylic acids is 1. The molecule has 0 aliphatic carbocycles. The molecule has 0 bridgehead atoms. The van der Waals surface area contributed by atoms with Crippen LogP contribution in [0.1, 0.15) is 28.8 Å². The summed E-state index contributed by atoms with van der Waals surface area (Å²) in [5, 5.41) is 4.21. The predicted octanol–water partition coefficient (Wildman–Crippen LogP) is 3.97. The van der Waals surface area contributed by atoms with Crippen molar-refractivity contribution < 1.29 is 4.79 Å². The molecule has 1 aromatic heterocycles. The molecule has 0 saturated carbocycles. The second-order valence-corrected chi connectivity index (χ2v) is 6.92. The topological polar surface area (TPSA) is 38.1 Å². The van der Waals surface area contributed by atoms with Crippen molar-refractivity contribution in [1.29, 1.82) is 0 Å². The molecular formula is C22H23N3O. The summed E-state index contributed by atoms with van der Waals surface area (Å²) in [4.78, 5) is 14.8. The number of nitrogens with zero attached hydrogens (tertiary/aromatic N) is 3. The van der Waals surface area contributed by atoms with Crippen molar-refractivity contribution in [3.8, 4) is 5.69 Å². The van der Waals surface area contributed by atoms with Crippen LogP contribution in [0.25, 0.3) is 5.69 Å². The number of carbonyl (C=O) groups is 1. The van der Waals surface area contributed by atoms with Gasteiger partial charge in [0.15, 0.2) is 0 Å². The lowest BCUT2D eigenvalue weighted by molar-refractivity contribution is 0.0690. The van der Waals surface area contributed by atoms with E-state index in [4.69, 9.17) is 0 Å². The molecule has 1 aliphatic heterocycles. The number of rotatable bonds is 4. The fourth-order valence-electron chi connectivity index (χ4n) is 3.65. The van der Waals surface area contributed by atoms with Gasteiger partial charge < -0.3 is 4.90 Å². The first-order valence-electron chi connectivity index (χ1n) is 9.23. The SMILES string of the molecule is O=C(c1ccc(-n2cccn2)cc1)N1CCC(Cc2ccccc2)CC1. The lowest BCUT2D eigenvalue weighted by Gasteiger charge is -2.32. The lowest BCUT2D eigenvalue weighted by Crippen LogP contribution is -2.38. The van der Waals surface area contributed by atoms with E-state index in [0.717, 1.165) is 43.6 Å². The van der Waals surface area contributed by atoms with Crippen molar-refractivity contribution in [2.45, 2.75) is 19.3 Å². The molecule has 1 aliphatic rings. The summed E-state index contributed by atoms with van der Waals surface area (Å²) in [7, 11) is 0. The summed E-state index contributed by atoms with van der Waals surface area (Å²) in [6.45, 7) is 1.69. The first kappa shape index (κ1) is 16.6. The van der Waals surface area contributed by atoms with Gasteiger partial charge in [0.25, 0.3) is 5.91 Å². The molecule has 2 aromatic carbocycles. The summed E-state index contributed by atoms with van der Waals surface area (Å²) >= 11 is 0.